The Bertz CT molecular complexity index is 619. The molecule has 0 aliphatic heterocycles. The molecule has 0 aromatic heterocycles. The van der Waals surface area contributed by atoms with Crippen LogP contribution in [0, 0.1) is 5.82 Å². The Balaban J connectivity index is 2.22. The quantitative estimate of drug-likeness (QED) is 0.889. The molecule has 2 N–H and O–H groups in total. The van der Waals surface area contributed by atoms with Crippen LogP contribution in [0.2, 0.25) is 10.0 Å². The van der Waals surface area contributed by atoms with E-state index in [9.17, 15) is 4.39 Å². The van der Waals surface area contributed by atoms with Crippen LogP contribution in [-0.2, 0) is 6.54 Å². The zero-order valence-electron chi connectivity index (χ0n) is 11.7. The van der Waals surface area contributed by atoms with E-state index in [0.717, 1.165) is 5.56 Å². The summed E-state index contributed by atoms with van der Waals surface area (Å²) in [6, 6.07) is 12.3. The highest BCUT2D eigenvalue weighted by Gasteiger charge is 2.20. The van der Waals surface area contributed by atoms with Crippen molar-refractivity contribution in [3.8, 4) is 0 Å². The monoisotopic (exact) mass is 326 g/mol. The van der Waals surface area contributed by atoms with Crippen molar-refractivity contribution in [2.24, 2.45) is 5.73 Å². The highest BCUT2D eigenvalue weighted by Crippen LogP contribution is 2.27. The van der Waals surface area contributed by atoms with Crippen LogP contribution in [-0.4, -0.2) is 18.5 Å². The van der Waals surface area contributed by atoms with Gasteiger partial charge in [-0.25, -0.2) is 4.39 Å². The molecule has 5 heteroatoms. The lowest BCUT2D eigenvalue weighted by Crippen LogP contribution is -2.31. The van der Waals surface area contributed by atoms with Gasteiger partial charge in [0.1, 0.15) is 5.82 Å². The molecule has 0 spiro atoms. The number of hydrogen-bond donors (Lipinski definition) is 1. The Morgan fingerprint density at radius 1 is 1.19 bits per heavy atom. The molecule has 2 aromatic carbocycles. The van der Waals surface area contributed by atoms with Crippen molar-refractivity contribution >= 4 is 23.2 Å². The van der Waals surface area contributed by atoms with Gasteiger partial charge in [-0.1, -0.05) is 47.5 Å². The lowest BCUT2D eigenvalue weighted by molar-refractivity contribution is 0.237. The van der Waals surface area contributed by atoms with Gasteiger partial charge in [0.2, 0.25) is 0 Å². The normalized spacial score (nSPS) is 12.7. The van der Waals surface area contributed by atoms with Crippen LogP contribution in [0.25, 0.3) is 0 Å². The van der Waals surface area contributed by atoms with E-state index < -0.39 is 5.82 Å². The number of halogens is 3. The minimum Gasteiger partial charge on any atom is -0.329 e. The van der Waals surface area contributed by atoms with E-state index in [1.54, 1.807) is 12.1 Å². The third-order valence-corrected chi connectivity index (χ3v) is 3.94. The summed E-state index contributed by atoms with van der Waals surface area (Å²) in [4.78, 5) is 1.99. The van der Waals surface area contributed by atoms with Crippen LogP contribution in [0.4, 0.5) is 4.39 Å². The molecule has 21 heavy (non-hydrogen) atoms. The largest absolute Gasteiger partial charge is 0.329 e. The van der Waals surface area contributed by atoms with Gasteiger partial charge in [-0.3, -0.25) is 4.90 Å². The highest BCUT2D eigenvalue weighted by atomic mass is 35.5. The maximum Gasteiger partial charge on any atom is 0.146 e. The first kappa shape index (κ1) is 16.2. The molecule has 1 unspecified atom stereocenters. The van der Waals surface area contributed by atoms with E-state index in [1.807, 2.05) is 36.2 Å². The Morgan fingerprint density at radius 3 is 2.57 bits per heavy atom. The van der Waals surface area contributed by atoms with Gasteiger partial charge in [0, 0.05) is 29.7 Å². The summed E-state index contributed by atoms with van der Waals surface area (Å²) in [7, 11) is 1.90. The second kappa shape index (κ2) is 7.23. The second-order valence-electron chi connectivity index (χ2n) is 4.94. The van der Waals surface area contributed by atoms with Gasteiger partial charge in [-0.2, -0.15) is 0 Å². The average Bonchev–Trinajstić information content (AvgIpc) is 2.44. The minimum atomic E-state index is -0.410. The molecule has 0 fully saturated rings. The van der Waals surface area contributed by atoms with Crippen LogP contribution in [0.1, 0.15) is 17.2 Å². The third kappa shape index (κ3) is 3.95. The summed E-state index contributed by atoms with van der Waals surface area (Å²) in [5, 5.41) is 0.793. The van der Waals surface area contributed by atoms with Gasteiger partial charge < -0.3 is 5.73 Å². The van der Waals surface area contributed by atoms with Crippen molar-refractivity contribution in [1.82, 2.24) is 4.90 Å². The second-order valence-corrected chi connectivity index (χ2v) is 5.78. The maximum absolute atomic E-state index is 14.2. The summed E-state index contributed by atoms with van der Waals surface area (Å²) in [6.07, 6.45) is 0. The van der Waals surface area contributed by atoms with Gasteiger partial charge in [0.05, 0.1) is 5.02 Å². The summed E-state index contributed by atoms with van der Waals surface area (Å²) in [5.41, 5.74) is 7.39. The molecule has 0 radical (unpaired) electrons. The molecular formula is C16H17Cl2FN2. The van der Waals surface area contributed by atoms with Crippen LogP contribution in [0.5, 0.6) is 0 Å². The first-order valence-electron chi connectivity index (χ1n) is 6.61. The van der Waals surface area contributed by atoms with Crippen molar-refractivity contribution < 1.29 is 4.39 Å². The topological polar surface area (TPSA) is 29.3 Å². The van der Waals surface area contributed by atoms with Gasteiger partial charge >= 0.3 is 0 Å². The fourth-order valence-corrected chi connectivity index (χ4v) is 2.75. The van der Waals surface area contributed by atoms with E-state index in [0.29, 0.717) is 23.7 Å². The summed E-state index contributed by atoms with van der Waals surface area (Å²) in [5.74, 6) is -0.410. The maximum atomic E-state index is 14.2. The molecule has 2 aromatic rings. The predicted molar refractivity (Wildman–Crippen MR) is 86.1 cm³/mol. The SMILES string of the molecule is CN(Cc1cccc(Cl)c1)C(CN)c1cccc(Cl)c1F. The van der Waals surface area contributed by atoms with Crippen LogP contribution in [0.15, 0.2) is 42.5 Å². The zero-order chi connectivity index (χ0) is 15.4. The number of rotatable bonds is 5. The molecule has 112 valence electrons. The third-order valence-electron chi connectivity index (χ3n) is 3.42. The smallest absolute Gasteiger partial charge is 0.146 e. The fraction of sp³-hybridized carbons (Fsp3) is 0.250. The minimum absolute atomic E-state index is 0.113. The van der Waals surface area contributed by atoms with Crippen molar-refractivity contribution in [3.63, 3.8) is 0 Å². The van der Waals surface area contributed by atoms with Crippen molar-refractivity contribution in [2.45, 2.75) is 12.6 Å². The van der Waals surface area contributed by atoms with Gasteiger partial charge in [-0.05, 0) is 30.8 Å². The number of nitrogens with two attached hydrogens (primary N) is 1. The highest BCUT2D eigenvalue weighted by molar-refractivity contribution is 6.31. The van der Waals surface area contributed by atoms with Crippen LogP contribution < -0.4 is 5.73 Å². The first-order valence-corrected chi connectivity index (χ1v) is 7.37. The first-order chi connectivity index (χ1) is 10.0. The fourth-order valence-electron chi connectivity index (χ4n) is 2.36. The molecule has 0 amide bonds. The van der Waals surface area contributed by atoms with E-state index in [-0.39, 0.29) is 11.1 Å². The van der Waals surface area contributed by atoms with E-state index >= 15 is 0 Å². The molecule has 2 rings (SSSR count). The summed E-state index contributed by atoms with van der Waals surface area (Å²) >= 11 is 11.8. The van der Waals surface area contributed by atoms with Gasteiger partial charge in [0.25, 0.3) is 0 Å². The van der Waals surface area contributed by atoms with Crippen molar-refractivity contribution in [1.29, 1.82) is 0 Å². The summed E-state index contributed by atoms with van der Waals surface area (Å²) in [6.45, 7) is 0.919. The van der Waals surface area contributed by atoms with Crippen LogP contribution >= 0.6 is 23.2 Å². The predicted octanol–water partition coefficient (Wildman–Crippen LogP) is 4.26. The van der Waals surface area contributed by atoms with Gasteiger partial charge in [0.15, 0.2) is 0 Å². The average molecular weight is 327 g/mol. The Labute approximate surface area is 134 Å². The van der Waals surface area contributed by atoms with E-state index in [1.165, 1.54) is 6.07 Å². The molecule has 1 atom stereocenters. The molecule has 0 heterocycles. The molecular weight excluding hydrogens is 310 g/mol. The number of benzene rings is 2. The van der Waals surface area contributed by atoms with Crippen molar-refractivity contribution in [2.75, 3.05) is 13.6 Å². The Morgan fingerprint density at radius 2 is 1.90 bits per heavy atom. The number of likely N-dealkylation sites (N-methyl/N-ethyl adjacent to an activating group) is 1. The van der Waals surface area contributed by atoms with Crippen molar-refractivity contribution in [3.05, 3.63) is 69.5 Å². The molecule has 0 saturated heterocycles. The Kier molecular flexibility index (Phi) is 5.59. The number of nitrogens with zero attached hydrogens (tertiary/aromatic N) is 1. The number of hydrogen-bond acceptors (Lipinski definition) is 2. The molecule has 0 aliphatic rings. The summed E-state index contributed by atoms with van der Waals surface area (Å²) < 4.78 is 14.2. The molecule has 2 nitrogen and oxygen atoms in total. The molecule has 0 aliphatic carbocycles. The zero-order valence-corrected chi connectivity index (χ0v) is 13.2. The van der Waals surface area contributed by atoms with Crippen LogP contribution in [0.3, 0.4) is 0 Å². The van der Waals surface area contributed by atoms with E-state index in [4.69, 9.17) is 28.9 Å². The molecule has 0 bridgehead atoms. The van der Waals surface area contributed by atoms with Gasteiger partial charge in [-0.15, -0.1) is 0 Å². The standard InChI is InChI=1S/C16H17Cl2FN2/c1-21(10-11-4-2-5-12(17)8-11)15(9-20)13-6-3-7-14(18)16(13)19/h2-8,15H,9-10,20H2,1H3. The Hall–Kier alpha value is -1.13. The lowest BCUT2D eigenvalue weighted by Gasteiger charge is -2.28. The lowest BCUT2D eigenvalue weighted by atomic mass is 10.0. The van der Waals surface area contributed by atoms with E-state index in [2.05, 4.69) is 0 Å². The molecule has 0 saturated carbocycles.